The minimum Gasteiger partial charge on any atom is -0.385 e. The highest BCUT2D eigenvalue weighted by atomic mass is 32.1. The fraction of sp³-hybridized carbons (Fsp3) is 0.765. The summed E-state index contributed by atoms with van der Waals surface area (Å²) < 4.78 is 5.25. The van der Waals surface area contributed by atoms with Gasteiger partial charge >= 0.3 is 0 Å². The number of methoxy groups -OCH3 is 1. The Balaban J connectivity index is 1.70. The molecule has 0 spiro atoms. The number of hydrogen-bond acceptors (Lipinski definition) is 4. The Bertz CT molecular complexity index is 497. The Labute approximate surface area is 144 Å². The summed E-state index contributed by atoms with van der Waals surface area (Å²) in [5.41, 5.74) is 1.57. The summed E-state index contributed by atoms with van der Waals surface area (Å²) in [5.74, 6) is 0.889. The van der Waals surface area contributed by atoms with Crippen LogP contribution in [0.1, 0.15) is 43.3 Å². The quantitative estimate of drug-likeness (QED) is 0.537. The fourth-order valence-corrected chi connectivity index (χ4v) is 3.72. The van der Waals surface area contributed by atoms with Gasteiger partial charge in [0, 0.05) is 45.7 Å². The van der Waals surface area contributed by atoms with Crippen molar-refractivity contribution in [2.75, 3.05) is 33.9 Å². The third kappa shape index (κ3) is 5.46. The molecule has 0 bridgehead atoms. The highest BCUT2D eigenvalue weighted by molar-refractivity contribution is 7.09. The second kappa shape index (κ2) is 9.23. The molecule has 1 heterocycles. The lowest BCUT2D eigenvalue weighted by Gasteiger charge is -2.42. The first-order valence-corrected chi connectivity index (χ1v) is 9.46. The van der Waals surface area contributed by atoms with Crippen LogP contribution in [0.2, 0.25) is 0 Å². The first-order chi connectivity index (χ1) is 11.2. The average Bonchev–Trinajstić information content (AvgIpc) is 2.99. The van der Waals surface area contributed by atoms with Crippen molar-refractivity contribution in [3.63, 3.8) is 0 Å². The molecule has 1 aliphatic rings. The molecule has 0 unspecified atom stereocenters. The molecule has 0 aromatic carbocycles. The van der Waals surface area contributed by atoms with Crippen LogP contribution in [0, 0.1) is 5.41 Å². The van der Waals surface area contributed by atoms with Crippen LogP contribution in [-0.2, 0) is 17.6 Å². The maximum absolute atomic E-state index is 5.25. The third-order valence-corrected chi connectivity index (χ3v) is 5.72. The highest BCUT2D eigenvalue weighted by Gasteiger charge is 2.36. The molecule has 0 atom stereocenters. The first kappa shape index (κ1) is 18.2. The number of nitrogens with one attached hydrogen (secondary N) is 2. The zero-order valence-corrected chi connectivity index (χ0v) is 15.5. The Morgan fingerprint density at radius 1 is 1.43 bits per heavy atom. The standard InChI is InChI=1S/C17H30N4OS/c1-4-15-21-14(12-23-15)6-10-19-16(18-2)20-13-17(7-5-8-17)9-11-22-3/h12H,4-11,13H2,1-3H3,(H2,18,19,20). The monoisotopic (exact) mass is 338 g/mol. The van der Waals surface area contributed by atoms with E-state index in [2.05, 4.69) is 32.9 Å². The summed E-state index contributed by atoms with van der Waals surface area (Å²) in [6.45, 7) is 4.83. The van der Waals surface area contributed by atoms with E-state index in [0.29, 0.717) is 5.41 Å². The van der Waals surface area contributed by atoms with Crippen LogP contribution in [-0.4, -0.2) is 44.8 Å². The number of ether oxygens (including phenoxy) is 1. The van der Waals surface area contributed by atoms with E-state index < -0.39 is 0 Å². The van der Waals surface area contributed by atoms with Crippen molar-refractivity contribution >= 4 is 17.3 Å². The van der Waals surface area contributed by atoms with Crippen molar-refractivity contribution in [3.05, 3.63) is 16.1 Å². The van der Waals surface area contributed by atoms with E-state index >= 15 is 0 Å². The molecule has 1 aromatic heterocycles. The van der Waals surface area contributed by atoms with Crippen molar-refractivity contribution < 1.29 is 4.74 Å². The van der Waals surface area contributed by atoms with Crippen LogP contribution in [0.4, 0.5) is 0 Å². The largest absolute Gasteiger partial charge is 0.385 e. The Kier molecular flexibility index (Phi) is 7.30. The van der Waals surface area contributed by atoms with E-state index in [4.69, 9.17) is 4.74 Å². The summed E-state index contributed by atoms with van der Waals surface area (Å²) in [4.78, 5) is 8.92. The maximum Gasteiger partial charge on any atom is 0.191 e. The third-order valence-electron chi connectivity index (χ3n) is 4.68. The van der Waals surface area contributed by atoms with Crippen molar-refractivity contribution in [1.82, 2.24) is 15.6 Å². The second-order valence-electron chi connectivity index (χ2n) is 6.29. The smallest absolute Gasteiger partial charge is 0.191 e. The van der Waals surface area contributed by atoms with Gasteiger partial charge in [-0.3, -0.25) is 4.99 Å². The van der Waals surface area contributed by atoms with E-state index in [0.717, 1.165) is 44.9 Å². The van der Waals surface area contributed by atoms with E-state index in [1.807, 2.05) is 7.05 Å². The van der Waals surface area contributed by atoms with Gasteiger partial charge in [-0.25, -0.2) is 4.98 Å². The lowest BCUT2D eigenvalue weighted by atomic mass is 9.67. The topological polar surface area (TPSA) is 58.5 Å². The van der Waals surface area contributed by atoms with Crippen molar-refractivity contribution in [2.45, 2.75) is 45.4 Å². The maximum atomic E-state index is 5.25. The van der Waals surface area contributed by atoms with E-state index in [-0.39, 0.29) is 0 Å². The molecule has 1 aliphatic carbocycles. The number of guanidine groups is 1. The van der Waals surface area contributed by atoms with Crippen molar-refractivity contribution in [3.8, 4) is 0 Å². The first-order valence-electron chi connectivity index (χ1n) is 8.58. The summed E-state index contributed by atoms with van der Waals surface area (Å²) in [5, 5.41) is 10.3. The van der Waals surface area contributed by atoms with Gasteiger partial charge in [0.2, 0.25) is 0 Å². The average molecular weight is 339 g/mol. The lowest BCUT2D eigenvalue weighted by molar-refractivity contribution is 0.0732. The number of aromatic nitrogens is 1. The van der Waals surface area contributed by atoms with Gasteiger partial charge in [-0.1, -0.05) is 13.3 Å². The molecular formula is C17H30N4OS. The molecule has 2 rings (SSSR count). The molecule has 0 saturated heterocycles. The predicted molar refractivity (Wildman–Crippen MR) is 97.3 cm³/mol. The van der Waals surface area contributed by atoms with Gasteiger partial charge in [-0.05, 0) is 31.1 Å². The molecule has 1 saturated carbocycles. The van der Waals surface area contributed by atoms with Crippen LogP contribution < -0.4 is 10.6 Å². The van der Waals surface area contributed by atoms with Gasteiger partial charge < -0.3 is 15.4 Å². The molecule has 1 fully saturated rings. The predicted octanol–water partition coefficient (Wildman–Crippen LogP) is 2.62. The Hall–Kier alpha value is -1.14. The van der Waals surface area contributed by atoms with Crippen LogP contribution in [0.5, 0.6) is 0 Å². The second-order valence-corrected chi connectivity index (χ2v) is 7.23. The van der Waals surface area contributed by atoms with Gasteiger partial charge in [-0.2, -0.15) is 0 Å². The van der Waals surface area contributed by atoms with Crippen LogP contribution in [0.15, 0.2) is 10.4 Å². The van der Waals surface area contributed by atoms with Crippen LogP contribution >= 0.6 is 11.3 Å². The number of aliphatic imine (C=N–C) groups is 1. The SMILES string of the molecule is CCc1nc(CCNC(=NC)NCC2(CCOC)CCC2)cs1. The molecule has 6 heteroatoms. The molecule has 1 aromatic rings. The molecule has 130 valence electrons. The number of rotatable bonds is 9. The van der Waals surface area contributed by atoms with Gasteiger partial charge in [0.1, 0.15) is 0 Å². The molecule has 2 N–H and O–H groups in total. The Morgan fingerprint density at radius 3 is 2.83 bits per heavy atom. The van der Waals surface area contributed by atoms with Crippen molar-refractivity contribution in [2.24, 2.45) is 10.4 Å². The van der Waals surface area contributed by atoms with Crippen LogP contribution in [0.25, 0.3) is 0 Å². The summed E-state index contributed by atoms with van der Waals surface area (Å²) >= 11 is 1.75. The minimum atomic E-state index is 0.401. The van der Waals surface area contributed by atoms with Crippen molar-refractivity contribution in [1.29, 1.82) is 0 Å². The highest BCUT2D eigenvalue weighted by Crippen LogP contribution is 2.43. The minimum absolute atomic E-state index is 0.401. The lowest BCUT2D eigenvalue weighted by Crippen LogP contribution is -2.47. The summed E-state index contributed by atoms with van der Waals surface area (Å²) in [6.07, 6.45) is 7.00. The normalized spacial score (nSPS) is 16.9. The molecular weight excluding hydrogens is 308 g/mol. The molecule has 5 nitrogen and oxygen atoms in total. The van der Waals surface area contributed by atoms with Gasteiger partial charge in [0.05, 0.1) is 10.7 Å². The molecule has 23 heavy (non-hydrogen) atoms. The molecule has 0 aliphatic heterocycles. The fourth-order valence-electron chi connectivity index (χ4n) is 2.94. The Morgan fingerprint density at radius 2 is 2.26 bits per heavy atom. The van der Waals surface area contributed by atoms with E-state index in [1.54, 1.807) is 18.4 Å². The van der Waals surface area contributed by atoms with Gasteiger partial charge in [-0.15, -0.1) is 11.3 Å². The van der Waals surface area contributed by atoms with Gasteiger partial charge in [0.15, 0.2) is 5.96 Å². The van der Waals surface area contributed by atoms with Gasteiger partial charge in [0.25, 0.3) is 0 Å². The van der Waals surface area contributed by atoms with Crippen LogP contribution in [0.3, 0.4) is 0 Å². The number of hydrogen-bond donors (Lipinski definition) is 2. The summed E-state index contributed by atoms with van der Waals surface area (Å²) in [7, 11) is 3.61. The molecule has 0 amide bonds. The number of thiazole rings is 1. The zero-order valence-electron chi connectivity index (χ0n) is 14.7. The van der Waals surface area contributed by atoms with E-state index in [9.17, 15) is 0 Å². The van der Waals surface area contributed by atoms with E-state index in [1.165, 1.54) is 30.0 Å². The molecule has 0 radical (unpaired) electrons. The number of nitrogens with zero attached hydrogens (tertiary/aromatic N) is 2. The number of aryl methyl sites for hydroxylation is 1. The summed E-state index contributed by atoms with van der Waals surface area (Å²) in [6, 6.07) is 0. The zero-order chi connectivity index (χ0) is 16.5.